The molecule has 3 aromatic rings. The van der Waals surface area contributed by atoms with E-state index in [1.54, 1.807) is 19.1 Å². The molecular formula is C15H12N4O3S. The number of nitro groups is 1. The zero-order valence-electron chi connectivity index (χ0n) is 12.1. The number of rotatable bonds is 4. The molecule has 0 radical (unpaired) electrons. The minimum atomic E-state index is -0.524. The molecule has 0 bridgehead atoms. The standard InChI is InChI=1S/C15H12N4O3S/c1-9-4-5-10(13(7-9)19(21)22)16-15(20)12-8-11(17-18-12)14-3-2-6-23-14/h2-8H,1H3,(H,16,20)(H,17,18). The summed E-state index contributed by atoms with van der Waals surface area (Å²) in [6, 6.07) is 10.0. The minimum Gasteiger partial charge on any atom is -0.315 e. The van der Waals surface area contributed by atoms with Gasteiger partial charge in [-0.15, -0.1) is 11.3 Å². The summed E-state index contributed by atoms with van der Waals surface area (Å²) in [6.45, 7) is 1.75. The number of anilines is 1. The Morgan fingerprint density at radius 2 is 2.17 bits per heavy atom. The third kappa shape index (κ3) is 3.11. The Kier molecular flexibility index (Phi) is 3.90. The Labute approximate surface area is 135 Å². The number of aryl methyl sites for hydroxylation is 1. The Balaban J connectivity index is 1.84. The van der Waals surface area contributed by atoms with Crippen molar-refractivity contribution in [2.75, 3.05) is 5.32 Å². The van der Waals surface area contributed by atoms with Gasteiger partial charge in [-0.05, 0) is 36.1 Å². The maximum atomic E-state index is 12.2. The number of amides is 1. The van der Waals surface area contributed by atoms with Gasteiger partial charge in [0.2, 0.25) is 0 Å². The number of carbonyl (C=O) groups excluding carboxylic acids is 1. The maximum Gasteiger partial charge on any atom is 0.293 e. The lowest BCUT2D eigenvalue weighted by molar-refractivity contribution is -0.384. The van der Waals surface area contributed by atoms with Crippen LogP contribution in [0.25, 0.3) is 10.6 Å². The highest BCUT2D eigenvalue weighted by Gasteiger charge is 2.18. The molecule has 0 fully saturated rings. The van der Waals surface area contributed by atoms with Gasteiger partial charge in [-0.3, -0.25) is 20.0 Å². The number of nitrogens with one attached hydrogen (secondary N) is 2. The SMILES string of the molecule is Cc1ccc(NC(=O)c2cc(-c3cccs3)[nH]n2)c([N+](=O)[O-])c1. The molecule has 2 heterocycles. The number of aromatic nitrogens is 2. The molecular weight excluding hydrogens is 316 g/mol. The van der Waals surface area contributed by atoms with E-state index in [0.717, 1.165) is 16.1 Å². The van der Waals surface area contributed by atoms with Gasteiger partial charge in [0.1, 0.15) is 5.69 Å². The van der Waals surface area contributed by atoms with Crippen molar-refractivity contribution in [2.45, 2.75) is 6.92 Å². The first-order chi connectivity index (χ1) is 11.0. The lowest BCUT2D eigenvalue weighted by Crippen LogP contribution is -2.13. The van der Waals surface area contributed by atoms with Crippen molar-refractivity contribution in [1.82, 2.24) is 10.2 Å². The number of nitro benzene ring substituents is 1. The fourth-order valence-electron chi connectivity index (χ4n) is 2.08. The highest BCUT2D eigenvalue weighted by molar-refractivity contribution is 7.13. The number of H-pyrrole nitrogens is 1. The maximum absolute atomic E-state index is 12.2. The third-order valence-corrected chi connectivity index (χ3v) is 4.10. The molecule has 0 spiro atoms. The molecule has 0 saturated carbocycles. The first kappa shape index (κ1) is 14.9. The van der Waals surface area contributed by atoms with E-state index in [4.69, 9.17) is 0 Å². The van der Waals surface area contributed by atoms with Crippen molar-refractivity contribution in [3.8, 4) is 10.6 Å². The zero-order chi connectivity index (χ0) is 16.4. The Bertz CT molecular complexity index is 871. The number of benzene rings is 1. The van der Waals surface area contributed by atoms with E-state index in [-0.39, 0.29) is 17.1 Å². The fourth-order valence-corrected chi connectivity index (χ4v) is 2.77. The van der Waals surface area contributed by atoms with E-state index >= 15 is 0 Å². The van der Waals surface area contributed by atoms with Gasteiger partial charge in [0.15, 0.2) is 5.69 Å². The van der Waals surface area contributed by atoms with Gasteiger partial charge in [0.05, 0.1) is 15.5 Å². The van der Waals surface area contributed by atoms with Crippen molar-refractivity contribution in [1.29, 1.82) is 0 Å². The van der Waals surface area contributed by atoms with Crippen LogP contribution < -0.4 is 5.32 Å². The van der Waals surface area contributed by atoms with Crippen LogP contribution in [0.4, 0.5) is 11.4 Å². The van der Waals surface area contributed by atoms with Gasteiger partial charge < -0.3 is 5.32 Å². The molecule has 7 nitrogen and oxygen atoms in total. The van der Waals surface area contributed by atoms with Gasteiger partial charge in [0, 0.05) is 6.07 Å². The van der Waals surface area contributed by atoms with E-state index in [1.165, 1.54) is 23.5 Å². The molecule has 3 rings (SSSR count). The third-order valence-electron chi connectivity index (χ3n) is 3.20. The molecule has 0 unspecified atom stereocenters. The summed E-state index contributed by atoms with van der Waals surface area (Å²) in [5.41, 5.74) is 1.64. The molecule has 0 saturated heterocycles. The van der Waals surface area contributed by atoms with Crippen molar-refractivity contribution >= 4 is 28.6 Å². The molecule has 0 aliphatic heterocycles. The molecule has 8 heteroatoms. The van der Waals surface area contributed by atoms with Gasteiger partial charge in [-0.1, -0.05) is 12.1 Å². The minimum absolute atomic E-state index is 0.145. The Morgan fingerprint density at radius 1 is 1.35 bits per heavy atom. The fraction of sp³-hybridized carbons (Fsp3) is 0.0667. The van der Waals surface area contributed by atoms with Crippen LogP contribution in [-0.2, 0) is 0 Å². The van der Waals surface area contributed by atoms with E-state index in [9.17, 15) is 14.9 Å². The zero-order valence-corrected chi connectivity index (χ0v) is 12.9. The topological polar surface area (TPSA) is 101 Å². The lowest BCUT2D eigenvalue weighted by Gasteiger charge is -2.04. The van der Waals surface area contributed by atoms with Gasteiger partial charge in [0.25, 0.3) is 11.6 Å². The highest BCUT2D eigenvalue weighted by Crippen LogP contribution is 2.27. The molecule has 0 aliphatic carbocycles. The first-order valence-electron chi connectivity index (χ1n) is 6.70. The smallest absolute Gasteiger partial charge is 0.293 e. The Morgan fingerprint density at radius 3 is 2.87 bits per heavy atom. The van der Waals surface area contributed by atoms with Crippen molar-refractivity contribution < 1.29 is 9.72 Å². The van der Waals surface area contributed by atoms with E-state index in [2.05, 4.69) is 15.5 Å². The van der Waals surface area contributed by atoms with Crippen LogP contribution in [0.3, 0.4) is 0 Å². The van der Waals surface area contributed by atoms with Crippen LogP contribution in [0.2, 0.25) is 0 Å². The summed E-state index contributed by atoms with van der Waals surface area (Å²) in [4.78, 5) is 23.8. The quantitative estimate of drug-likeness (QED) is 0.564. The van der Waals surface area contributed by atoms with Gasteiger partial charge in [-0.2, -0.15) is 5.10 Å². The second-order valence-electron chi connectivity index (χ2n) is 4.88. The van der Waals surface area contributed by atoms with Crippen LogP contribution in [0.5, 0.6) is 0 Å². The van der Waals surface area contributed by atoms with Gasteiger partial charge in [-0.25, -0.2) is 0 Å². The highest BCUT2D eigenvalue weighted by atomic mass is 32.1. The van der Waals surface area contributed by atoms with E-state index in [0.29, 0.717) is 0 Å². The summed E-state index contributed by atoms with van der Waals surface area (Å²) in [5, 5.41) is 22.3. The lowest BCUT2D eigenvalue weighted by atomic mass is 10.2. The van der Waals surface area contributed by atoms with Crippen molar-refractivity contribution in [3.05, 3.63) is 63.1 Å². The molecule has 1 amide bonds. The molecule has 23 heavy (non-hydrogen) atoms. The number of carbonyl (C=O) groups is 1. The summed E-state index contributed by atoms with van der Waals surface area (Å²) >= 11 is 1.52. The van der Waals surface area contributed by atoms with E-state index in [1.807, 2.05) is 17.5 Å². The average molecular weight is 328 g/mol. The average Bonchev–Trinajstić information content (AvgIpc) is 3.19. The first-order valence-corrected chi connectivity index (χ1v) is 7.58. The monoisotopic (exact) mass is 328 g/mol. The second-order valence-corrected chi connectivity index (χ2v) is 5.82. The number of hydrogen-bond donors (Lipinski definition) is 2. The van der Waals surface area contributed by atoms with Crippen molar-refractivity contribution in [2.24, 2.45) is 0 Å². The van der Waals surface area contributed by atoms with Gasteiger partial charge >= 0.3 is 0 Å². The Hall–Kier alpha value is -3.00. The van der Waals surface area contributed by atoms with Crippen LogP contribution in [0, 0.1) is 17.0 Å². The summed E-state index contributed by atoms with van der Waals surface area (Å²) in [6.07, 6.45) is 0. The van der Waals surface area contributed by atoms with Crippen LogP contribution in [0.1, 0.15) is 16.1 Å². The predicted molar refractivity (Wildman–Crippen MR) is 87.7 cm³/mol. The normalized spacial score (nSPS) is 10.5. The van der Waals surface area contributed by atoms with Crippen molar-refractivity contribution in [3.63, 3.8) is 0 Å². The van der Waals surface area contributed by atoms with Crippen LogP contribution in [0.15, 0.2) is 41.8 Å². The van der Waals surface area contributed by atoms with Crippen LogP contribution in [-0.4, -0.2) is 21.0 Å². The molecule has 116 valence electrons. The van der Waals surface area contributed by atoms with Crippen LogP contribution >= 0.6 is 11.3 Å². The second kappa shape index (κ2) is 6.01. The summed E-state index contributed by atoms with van der Waals surface area (Å²) in [7, 11) is 0. The largest absolute Gasteiger partial charge is 0.315 e. The number of hydrogen-bond acceptors (Lipinski definition) is 5. The number of nitrogens with zero attached hydrogens (tertiary/aromatic N) is 2. The summed E-state index contributed by atoms with van der Waals surface area (Å²) in [5.74, 6) is -0.504. The molecule has 2 N–H and O–H groups in total. The molecule has 1 aromatic carbocycles. The number of aromatic amines is 1. The molecule has 0 atom stereocenters. The predicted octanol–water partition coefficient (Wildman–Crippen LogP) is 3.61. The number of thiophene rings is 1. The molecule has 2 aromatic heterocycles. The summed E-state index contributed by atoms with van der Waals surface area (Å²) < 4.78 is 0. The molecule has 0 aliphatic rings. The van der Waals surface area contributed by atoms with E-state index < -0.39 is 10.8 Å².